The molecule has 1 unspecified atom stereocenters. The Morgan fingerprint density at radius 2 is 1.79 bits per heavy atom. The molecule has 1 atom stereocenters. The first-order valence-corrected chi connectivity index (χ1v) is 9.33. The summed E-state index contributed by atoms with van der Waals surface area (Å²) in [6, 6.07) is 5.01. The van der Waals surface area contributed by atoms with Crippen molar-refractivity contribution in [3.63, 3.8) is 0 Å². The van der Waals surface area contributed by atoms with E-state index in [1.54, 1.807) is 0 Å². The second-order valence-electron chi connectivity index (χ2n) is 5.65. The lowest BCUT2D eigenvalue weighted by Gasteiger charge is -2.23. The van der Waals surface area contributed by atoms with E-state index >= 15 is 0 Å². The molecule has 132 valence electrons. The summed E-state index contributed by atoms with van der Waals surface area (Å²) in [5, 5.41) is 14.0. The molecular formula is C15H16F3NO3S2. The van der Waals surface area contributed by atoms with Gasteiger partial charge in [0.05, 0.1) is 16.1 Å². The highest BCUT2D eigenvalue weighted by Crippen LogP contribution is 2.29. The topological polar surface area (TPSA) is 66.4 Å². The Labute approximate surface area is 142 Å². The maximum atomic E-state index is 12.5. The van der Waals surface area contributed by atoms with E-state index in [9.17, 15) is 26.7 Å². The molecule has 0 radical (unpaired) electrons. The lowest BCUT2D eigenvalue weighted by Crippen LogP contribution is -2.42. The highest BCUT2D eigenvalue weighted by Gasteiger charge is 2.31. The van der Waals surface area contributed by atoms with Crippen LogP contribution in [-0.4, -0.2) is 25.7 Å². The van der Waals surface area contributed by atoms with Gasteiger partial charge in [-0.1, -0.05) is 0 Å². The average molecular weight is 379 g/mol. The maximum Gasteiger partial charge on any atom is 0.416 e. The number of hydrogen-bond acceptors (Lipinski definition) is 4. The van der Waals surface area contributed by atoms with E-state index in [0.717, 1.165) is 17.7 Å². The number of hydrogen-bond donors (Lipinski definition) is 2. The van der Waals surface area contributed by atoms with Crippen LogP contribution in [-0.2, 0) is 22.6 Å². The van der Waals surface area contributed by atoms with Gasteiger partial charge in [0.15, 0.2) is 0 Å². The van der Waals surface area contributed by atoms with Crippen LogP contribution in [0.1, 0.15) is 18.1 Å². The molecule has 0 fully saturated rings. The van der Waals surface area contributed by atoms with E-state index in [2.05, 4.69) is 4.72 Å². The molecule has 0 aliphatic rings. The lowest BCUT2D eigenvalue weighted by molar-refractivity contribution is -0.137. The van der Waals surface area contributed by atoms with Crippen molar-refractivity contribution in [1.82, 2.24) is 4.72 Å². The van der Waals surface area contributed by atoms with Gasteiger partial charge in [0.2, 0.25) is 10.0 Å². The Kier molecular flexibility index (Phi) is 5.38. The fourth-order valence-electron chi connectivity index (χ4n) is 2.05. The second kappa shape index (κ2) is 6.83. The van der Waals surface area contributed by atoms with Crippen LogP contribution in [0.2, 0.25) is 0 Å². The van der Waals surface area contributed by atoms with Crippen molar-refractivity contribution >= 4 is 21.4 Å². The van der Waals surface area contributed by atoms with Crippen LogP contribution in [0.15, 0.2) is 46.0 Å². The maximum absolute atomic E-state index is 12.5. The fraction of sp³-hybridized carbons (Fsp3) is 0.333. The molecule has 2 aromatic rings. The smallest absolute Gasteiger partial charge is 0.388 e. The molecule has 0 bridgehead atoms. The standard InChI is InChI=1S/C15H16F3NO3S2/c1-14(20,8-11-6-7-23-9-11)10-19-24(21,22)13-4-2-12(3-5-13)15(16,17)18/h2-7,9,19-20H,8,10H2,1H3. The zero-order valence-corrected chi connectivity index (χ0v) is 14.3. The number of benzene rings is 1. The van der Waals surface area contributed by atoms with Gasteiger partial charge in [-0.2, -0.15) is 24.5 Å². The molecule has 1 aromatic carbocycles. The van der Waals surface area contributed by atoms with Crippen LogP contribution in [0.25, 0.3) is 0 Å². The number of aliphatic hydroxyl groups is 1. The molecule has 24 heavy (non-hydrogen) atoms. The molecule has 9 heteroatoms. The predicted octanol–water partition coefficient (Wildman–Crippen LogP) is 3.04. The van der Waals surface area contributed by atoms with Gasteiger partial charge in [0, 0.05) is 13.0 Å². The Hall–Kier alpha value is -1.42. The first-order valence-electron chi connectivity index (χ1n) is 6.90. The van der Waals surface area contributed by atoms with Crippen molar-refractivity contribution in [2.45, 2.75) is 30.0 Å². The van der Waals surface area contributed by atoms with Gasteiger partial charge in [-0.05, 0) is 53.6 Å². The van der Waals surface area contributed by atoms with E-state index < -0.39 is 27.4 Å². The predicted molar refractivity (Wildman–Crippen MR) is 85.3 cm³/mol. The molecule has 2 N–H and O–H groups in total. The lowest BCUT2D eigenvalue weighted by atomic mass is 9.99. The molecule has 0 aliphatic heterocycles. The molecule has 0 saturated carbocycles. The summed E-state index contributed by atoms with van der Waals surface area (Å²) in [6.07, 6.45) is -4.27. The third-order valence-electron chi connectivity index (χ3n) is 3.30. The van der Waals surface area contributed by atoms with E-state index in [1.165, 1.54) is 18.3 Å². The molecule has 0 spiro atoms. The van der Waals surface area contributed by atoms with Crippen molar-refractivity contribution in [3.05, 3.63) is 52.2 Å². The summed E-state index contributed by atoms with van der Waals surface area (Å²) < 4.78 is 64.0. The first kappa shape index (κ1) is 18.9. The number of rotatable bonds is 6. The van der Waals surface area contributed by atoms with E-state index in [4.69, 9.17) is 0 Å². The van der Waals surface area contributed by atoms with Gasteiger partial charge in [0.1, 0.15) is 0 Å². The Morgan fingerprint density at radius 3 is 2.29 bits per heavy atom. The molecule has 0 saturated heterocycles. The summed E-state index contributed by atoms with van der Waals surface area (Å²) in [4.78, 5) is -0.290. The van der Waals surface area contributed by atoms with Crippen molar-refractivity contribution in [3.8, 4) is 0 Å². The highest BCUT2D eigenvalue weighted by molar-refractivity contribution is 7.89. The molecule has 0 aliphatic carbocycles. The summed E-state index contributed by atoms with van der Waals surface area (Å²) >= 11 is 1.46. The highest BCUT2D eigenvalue weighted by atomic mass is 32.2. The average Bonchev–Trinajstić information content (AvgIpc) is 2.97. The quantitative estimate of drug-likeness (QED) is 0.811. The molecular weight excluding hydrogens is 363 g/mol. The van der Waals surface area contributed by atoms with Crippen molar-refractivity contribution in [1.29, 1.82) is 0 Å². The Balaban J connectivity index is 2.05. The minimum Gasteiger partial charge on any atom is -0.388 e. The number of sulfonamides is 1. The van der Waals surface area contributed by atoms with Crippen LogP contribution >= 0.6 is 11.3 Å². The summed E-state index contributed by atoms with van der Waals surface area (Å²) in [5.41, 5.74) is -1.37. The van der Waals surface area contributed by atoms with Crippen LogP contribution < -0.4 is 4.72 Å². The van der Waals surface area contributed by atoms with Crippen LogP contribution in [0, 0.1) is 0 Å². The Morgan fingerprint density at radius 1 is 1.17 bits per heavy atom. The van der Waals surface area contributed by atoms with Crippen molar-refractivity contribution < 1.29 is 26.7 Å². The summed E-state index contributed by atoms with van der Waals surface area (Å²) in [7, 11) is -4.01. The molecule has 2 rings (SSSR count). The van der Waals surface area contributed by atoms with Gasteiger partial charge < -0.3 is 5.11 Å². The largest absolute Gasteiger partial charge is 0.416 e. The Bertz CT molecular complexity index is 767. The first-order chi connectivity index (χ1) is 11.0. The molecule has 1 heterocycles. The van der Waals surface area contributed by atoms with Crippen molar-refractivity contribution in [2.24, 2.45) is 0 Å². The third kappa shape index (κ3) is 5.04. The second-order valence-corrected chi connectivity index (χ2v) is 8.20. The zero-order valence-electron chi connectivity index (χ0n) is 12.7. The number of halogens is 3. The molecule has 0 amide bonds. The van der Waals surface area contributed by atoms with E-state index in [-0.39, 0.29) is 17.9 Å². The third-order valence-corrected chi connectivity index (χ3v) is 5.45. The minimum atomic E-state index is -4.53. The van der Waals surface area contributed by atoms with Gasteiger partial charge in [-0.3, -0.25) is 0 Å². The molecule has 1 aromatic heterocycles. The summed E-state index contributed by atoms with van der Waals surface area (Å²) in [6.45, 7) is 1.23. The van der Waals surface area contributed by atoms with Gasteiger partial charge in [-0.25, -0.2) is 13.1 Å². The molecule has 4 nitrogen and oxygen atoms in total. The zero-order chi connectivity index (χ0) is 18.0. The summed E-state index contributed by atoms with van der Waals surface area (Å²) in [5.74, 6) is 0. The normalized spacial score (nSPS) is 15.2. The van der Waals surface area contributed by atoms with Crippen LogP contribution in [0.4, 0.5) is 13.2 Å². The van der Waals surface area contributed by atoms with Gasteiger partial charge >= 0.3 is 6.18 Å². The SMILES string of the molecule is CC(O)(CNS(=O)(=O)c1ccc(C(F)(F)F)cc1)Cc1ccsc1. The number of nitrogens with one attached hydrogen (secondary N) is 1. The monoisotopic (exact) mass is 379 g/mol. The number of thiophene rings is 1. The van der Waals surface area contributed by atoms with E-state index in [1.807, 2.05) is 16.8 Å². The van der Waals surface area contributed by atoms with Crippen LogP contribution in [0.3, 0.4) is 0 Å². The minimum absolute atomic E-state index is 0.256. The van der Waals surface area contributed by atoms with Crippen molar-refractivity contribution in [2.75, 3.05) is 6.54 Å². The fourth-order valence-corrected chi connectivity index (χ4v) is 3.88. The van der Waals surface area contributed by atoms with Gasteiger partial charge in [0.25, 0.3) is 0 Å². The van der Waals surface area contributed by atoms with E-state index in [0.29, 0.717) is 12.1 Å². The number of alkyl halides is 3. The van der Waals surface area contributed by atoms with Gasteiger partial charge in [-0.15, -0.1) is 0 Å². The van der Waals surface area contributed by atoms with Crippen LogP contribution in [0.5, 0.6) is 0 Å².